The molecule has 0 rings (SSSR count). The second-order valence-corrected chi connectivity index (χ2v) is 5.41. The minimum atomic E-state index is -1.18. The zero-order valence-corrected chi connectivity index (χ0v) is 12.8. The topological polar surface area (TPSA) is 122 Å². The Bertz CT molecular complexity index is 363. The van der Waals surface area contributed by atoms with Gasteiger partial charge in [-0.05, 0) is 19.3 Å². The maximum atomic E-state index is 11.7. The van der Waals surface area contributed by atoms with E-state index in [1.165, 1.54) is 6.92 Å². The lowest BCUT2D eigenvalue weighted by molar-refractivity contribution is -0.141. The highest BCUT2D eigenvalue weighted by molar-refractivity contribution is 7.80. The molecular weight excluding hydrogens is 282 g/mol. The molecule has 0 saturated carbocycles. The van der Waals surface area contributed by atoms with Gasteiger partial charge in [0.1, 0.15) is 12.1 Å². The largest absolute Gasteiger partial charge is 0.480 e. The van der Waals surface area contributed by atoms with Gasteiger partial charge in [0.05, 0.1) is 6.04 Å². The Balaban J connectivity index is 4.38. The molecule has 0 spiro atoms. The Kier molecular flexibility index (Phi) is 8.24. The number of hydrogen-bond acceptors (Lipinski definition) is 5. The molecule has 5 N–H and O–H groups in total. The zero-order valence-electron chi connectivity index (χ0n) is 11.9. The zero-order chi connectivity index (χ0) is 15.9. The second-order valence-electron chi connectivity index (χ2n) is 5.05. The van der Waals surface area contributed by atoms with Crippen molar-refractivity contribution in [2.75, 3.05) is 5.75 Å². The van der Waals surface area contributed by atoms with Crippen LogP contribution in [-0.4, -0.2) is 46.8 Å². The summed E-state index contributed by atoms with van der Waals surface area (Å²) in [7, 11) is 0. The Morgan fingerprint density at radius 2 is 1.70 bits per heavy atom. The second kappa shape index (κ2) is 8.80. The van der Waals surface area contributed by atoms with Crippen molar-refractivity contribution in [3.8, 4) is 0 Å². The minimum absolute atomic E-state index is 0.0331. The highest BCUT2D eigenvalue weighted by Crippen LogP contribution is 2.03. The summed E-state index contributed by atoms with van der Waals surface area (Å²) >= 11 is 3.84. The molecule has 0 aliphatic rings. The van der Waals surface area contributed by atoms with Gasteiger partial charge in [-0.25, -0.2) is 4.79 Å². The van der Waals surface area contributed by atoms with E-state index in [0.717, 1.165) is 0 Å². The van der Waals surface area contributed by atoms with Crippen LogP contribution in [-0.2, 0) is 14.4 Å². The van der Waals surface area contributed by atoms with Crippen molar-refractivity contribution in [2.24, 2.45) is 11.7 Å². The Morgan fingerprint density at radius 1 is 1.15 bits per heavy atom. The Hall–Kier alpha value is -1.28. The van der Waals surface area contributed by atoms with Gasteiger partial charge in [0.15, 0.2) is 0 Å². The van der Waals surface area contributed by atoms with Crippen LogP contribution in [0.25, 0.3) is 0 Å². The molecule has 20 heavy (non-hydrogen) atoms. The van der Waals surface area contributed by atoms with Gasteiger partial charge >= 0.3 is 5.97 Å². The molecule has 0 aromatic heterocycles. The first-order valence-electron chi connectivity index (χ1n) is 6.39. The van der Waals surface area contributed by atoms with E-state index in [1.54, 1.807) is 0 Å². The number of carboxylic acids is 1. The van der Waals surface area contributed by atoms with E-state index in [9.17, 15) is 14.4 Å². The fourth-order valence-corrected chi connectivity index (χ4v) is 1.73. The number of nitrogens with two attached hydrogens (primary N) is 1. The van der Waals surface area contributed by atoms with Gasteiger partial charge in [-0.3, -0.25) is 9.59 Å². The quantitative estimate of drug-likeness (QED) is 0.382. The summed E-state index contributed by atoms with van der Waals surface area (Å²) in [6.07, 6.45) is 0.508. The molecule has 8 heteroatoms. The number of carbonyl (C=O) groups is 3. The van der Waals surface area contributed by atoms with Gasteiger partial charge in [0, 0.05) is 5.75 Å². The van der Waals surface area contributed by atoms with Gasteiger partial charge in [0.2, 0.25) is 11.8 Å². The van der Waals surface area contributed by atoms with E-state index in [1.807, 2.05) is 13.8 Å². The number of carbonyl (C=O) groups excluding carboxylic acids is 2. The van der Waals surface area contributed by atoms with E-state index in [-0.39, 0.29) is 11.7 Å². The third kappa shape index (κ3) is 6.76. The molecule has 0 fully saturated rings. The molecule has 0 aromatic carbocycles. The van der Waals surface area contributed by atoms with Crippen LogP contribution in [0.4, 0.5) is 0 Å². The standard InChI is InChI=1S/C12H23N3O4S/c1-6(2)4-8(13)11(17)14-7(3)10(16)15-9(5-20)12(18)19/h6-9,20H,4-5,13H2,1-3H3,(H,14,17)(H,15,16)(H,18,19). The van der Waals surface area contributed by atoms with Crippen LogP contribution in [0, 0.1) is 5.92 Å². The van der Waals surface area contributed by atoms with Gasteiger partial charge in [-0.2, -0.15) is 12.6 Å². The summed E-state index contributed by atoms with van der Waals surface area (Å²) in [5.41, 5.74) is 5.69. The number of nitrogens with one attached hydrogen (secondary N) is 2. The van der Waals surface area contributed by atoms with Crippen LogP contribution in [0.15, 0.2) is 0 Å². The van der Waals surface area contributed by atoms with Gasteiger partial charge < -0.3 is 21.5 Å². The molecule has 0 aromatic rings. The van der Waals surface area contributed by atoms with E-state index >= 15 is 0 Å². The maximum absolute atomic E-state index is 11.7. The van der Waals surface area contributed by atoms with E-state index in [4.69, 9.17) is 10.8 Å². The van der Waals surface area contributed by atoms with Gasteiger partial charge in [-0.1, -0.05) is 13.8 Å². The number of aliphatic carboxylic acids is 1. The predicted octanol–water partition coefficient (Wildman–Crippen LogP) is -0.636. The van der Waals surface area contributed by atoms with Gasteiger partial charge in [-0.15, -0.1) is 0 Å². The van der Waals surface area contributed by atoms with Crippen LogP contribution in [0.5, 0.6) is 0 Å². The van der Waals surface area contributed by atoms with E-state index in [2.05, 4.69) is 23.3 Å². The number of rotatable bonds is 8. The Morgan fingerprint density at radius 3 is 2.10 bits per heavy atom. The number of carboxylic acid groups (broad SMARTS) is 1. The highest BCUT2D eigenvalue weighted by Gasteiger charge is 2.24. The van der Waals surface area contributed by atoms with Crippen molar-refractivity contribution in [2.45, 2.75) is 45.3 Å². The highest BCUT2D eigenvalue weighted by atomic mass is 32.1. The van der Waals surface area contributed by atoms with Crippen molar-refractivity contribution in [3.63, 3.8) is 0 Å². The molecule has 3 unspecified atom stereocenters. The molecule has 0 aliphatic carbocycles. The fourth-order valence-electron chi connectivity index (χ4n) is 1.48. The van der Waals surface area contributed by atoms with Crippen LogP contribution < -0.4 is 16.4 Å². The summed E-state index contributed by atoms with van der Waals surface area (Å²) in [5, 5.41) is 13.5. The molecule has 0 aliphatic heterocycles. The molecule has 7 nitrogen and oxygen atoms in total. The first-order chi connectivity index (χ1) is 9.18. The number of amides is 2. The first-order valence-corrected chi connectivity index (χ1v) is 7.02. The van der Waals surface area contributed by atoms with Crippen molar-refractivity contribution in [3.05, 3.63) is 0 Å². The molecule has 3 atom stereocenters. The molecule has 2 amide bonds. The lowest BCUT2D eigenvalue weighted by atomic mass is 10.0. The van der Waals surface area contributed by atoms with Crippen LogP contribution in [0.1, 0.15) is 27.2 Å². The minimum Gasteiger partial charge on any atom is -0.480 e. The fraction of sp³-hybridized carbons (Fsp3) is 0.750. The maximum Gasteiger partial charge on any atom is 0.327 e. The lowest BCUT2D eigenvalue weighted by Gasteiger charge is -2.20. The van der Waals surface area contributed by atoms with Crippen molar-refractivity contribution in [1.82, 2.24) is 10.6 Å². The molecule has 116 valence electrons. The summed E-state index contributed by atoms with van der Waals surface area (Å²) in [5.74, 6) is -1.96. The lowest BCUT2D eigenvalue weighted by Crippen LogP contribution is -2.53. The average Bonchev–Trinajstić information content (AvgIpc) is 2.33. The predicted molar refractivity (Wildman–Crippen MR) is 78.5 cm³/mol. The smallest absolute Gasteiger partial charge is 0.327 e. The monoisotopic (exact) mass is 305 g/mol. The van der Waals surface area contributed by atoms with Crippen molar-refractivity contribution < 1.29 is 19.5 Å². The molecule has 0 bridgehead atoms. The van der Waals surface area contributed by atoms with Crippen LogP contribution in [0.3, 0.4) is 0 Å². The van der Waals surface area contributed by atoms with Gasteiger partial charge in [0.25, 0.3) is 0 Å². The van der Waals surface area contributed by atoms with E-state index < -0.39 is 35.9 Å². The molecular formula is C12H23N3O4S. The number of thiol groups is 1. The first kappa shape index (κ1) is 18.7. The SMILES string of the molecule is CC(C)CC(N)C(=O)NC(C)C(=O)NC(CS)C(=O)O. The third-order valence-electron chi connectivity index (χ3n) is 2.61. The normalized spacial score (nSPS) is 15.3. The van der Waals surface area contributed by atoms with Crippen LogP contribution >= 0.6 is 12.6 Å². The van der Waals surface area contributed by atoms with E-state index in [0.29, 0.717) is 6.42 Å². The summed E-state index contributed by atoms with van der Waals surface area (Å²) in [6.45, 7) is 5.34. The Labute approximate surface area is 124 Å². The summed E-state index contributed by atoms with van der Waals surface area (Å²) in [4.78, 5) is 34.2. The molecule has 0 heterocycles. The number of hydrogen-bond donors (Lipinski definition) is 5. The molecule has 0 radical (unpaired) electrons. The average molecular weight is 305 g/mol. The molecule has 0 saturated heterocycles. The third-order valence-corrected chi connectivity index (χ3v) is 2.98. The summed E-state index contributed by atoms with van der Waals surface area (Å²) in [6, 6.07) is -2.64. The van der Waals surface area contributed by atoms with Crippen LogP contribution in [0.2, 0.25) is 0 Å². The summed E-state index contributed by atoms with van der Waals surface area (Å²) < 4.78 is 0. The van der Waals surface area contributed by atoms with Crippen molar-refractivity contribution >= 4 is 30.4 Å². The van der Waals surface area contributed by atoms with Crippen molar-refractivity contribution in [1.29, 1.82) is 0 Å².